The van der Waals surface area contributed by atoms with Crippen molar-refractivity contribution in [2.75, 3.05) is 14.2 Å². The lowest BCUT2D eigenvalue weighted by molar-refractivity contribution is -0.162. The molecule has 1 aromatic rings. The van der Waals surface area contributed by atoms with Gasteiger partial charge in [-0.05, 0) is 12.1 Å². The number of hydrogen-bond acceptors (Lipinski definition) is 6. The van der Waals surface area contributed by atoms with Gasteiger partial charge in [0, 0.05) is 5.92 Å². The number of ether oxygens (including phenoxy) is 2. The van der Waals surface area contributed by atoms with Gasteiger partial charge < -0.3 is 19.9 Å². The zero-order chi connectivity index (χ0) is 19.1. The quantitative estimate of drug-likeness (QED) is 0.543. The highest BCUT2D eigenvalue weighted by molar-refractivity contribution is 5.98. The number of halogens is 1. The van der Waals surface area contributed by atoms with Gasteiger partial charge in [-0.1, -0.05) is 19.1 Å². The fourth-order valence-electron chi connectivity index (χ4n) is 2.25. The second kappa shape index (κ2) is 8.76. The molecule has 0 radical (unpaired) electrons. The first kappa shape index (κ1) is 20.1. The van der Waals surface area contributed by atoms with Crippen molar-refractivity contribution in [1.29, 1.82) is 0 Å². The normalized spacial score (nSPS) is 12.8. The van der Waals surface area contributed by atoms with E-state index >= 15 is 0 Å². The molecule has 0 unspecified atom stereocenters. The van der Waals surface area contributed by atoms with Gasteiger partial charge in [-0.3, -0.25) is 14.4 Å². The van der Waals surface area contributed by atoms with Crippen LogP contribution in [0.4, 0.5) is 4.39 Å². The lowest BCUT2D eigenvalue weighted by Crippen LogP contribution is -2.50. The molecule has 1 rings (SSSR count). The Bertz CT molecular complexity index is 660. The van der Waals surface area contributed by atoms with Crippen LogP contribution in [0, 0.1) is 17.7 Å². The van der Waals surface area contributed by atoms with Crippen LogP contribution in [0.2, 0.25) is 0 Å². The average Bonchev–Trinajstić information content (AvgIpc) is 2.58. The highest BCUT2D eigenvalue weighted by Gasteiger charge is 2.42. The topological polar surface area (TPSA) is 119 Å². The van der Waals surface area contributed by atoms with Crippen molar-refractivity contribution < 1.29 is 38.1 Å². The van der Waals surface area contributed by atoms with E-state index < -0.39 is 47.5 Å². The van der Waals surface area contributed by atoms with Gasteiger partial charge in [0.05, 0.1) is 19.8 Å². The molecule has 0 fully saturated rings. The van der Waals surface area contributed by atoms with Crippen LogP contribution in [-0.2, 0) is 23.9 Å². The summed E-state index contributed by atoms with van der Waals surface area (Å²) in [5, 5.41) is 11.5. The van der Waals surface area contributed by atoms with Crippen LogP contribution >= 0.6 is 0 Å². The first-order valence-corrected chi connectivity index (χ1v) is 7.18. The van der Waals surface area contributed by atoms with Crippen molar-refractivity contribution in [2.45, 2.75) is 13.0 Å². The highest BCUT2D eigenvalue weighted by atomic mass is 19.1. The minimum atomic E-state index is -1.66. The highest BCUT2D eigenvalue weighted by Crippen LogP contribution is 2.20. The standard InChI is InChI=1S/C16H18FNO7/c1-8(11(15(22)24-2)16(23)25-3)12(14(20)21)18-13(19)9-6-4-5-7-10(9)17/h4-8,11-12H,1-3H3,(H,18,19)(H,20,21)/t8-,12-/m1/s1. The summed E-state index contributed by atoms with van der Waals surface area (Å²) in [5.74, 6) is -8.14. The molecule has 0 saturated carbocycles. The number of amides is 1. The number of hydrogen-bond donors (Lipinski definition) is 2. The van der Waals surface area contributed by atoms with Gasteiger partial charge in [0.1, 0.15) is 11.9 Å². The monoisotopic (exact) mass is 355 g/mol. The van der Waals surface area contributed by atoms with Crippen LogP contribution in [0.25, 0.3) is 0 Å². The largest absolute Gasteiger partial charge is 0.480 e. The van der Waals surface area contributed by atoms with E-state index in [4.69, 9.17) is 0 Å². The van der Waals surface area contributed by atoms with Crippen molar-refractivity contribution in [3.63, 3.8) is 0 Å². The molecule has 2 atom stereocenters. The summed E-state index contributed by atoms with van der Waals surface area (Å²) in [7, 11) is 2.05. The summed E-state index contributed by atoms with van der Waals surface area (Å²) >= 11 is 0. The Morgan fingerprint density at radius 3 is 2.04 bits per heavy atom. The predicted molar refractivity (Wildman–Crippen MR) is 82.0 cm³/mol. The fourth-order valence-corrected chi connectivity index (χ4v) is 2.25. The van der Waals surface area contributed by atoms with Gasteiger partial charge in [-0.15, -0.1) is 0 Å². The number of carbonyl (C=O) groups excluding carboxylic acids is 3. The number of nitrogens with one attached hydrogen (secondary N) is 1. The summed E-state index contributed by atoms with van der Waals surface area (Å²) in [6.07, 6.45) is 0. The molecule has 0 aliphatic carbocycles. The van der Waals surface area contributed by atoms with Gasteiger partial charge in [0.15, 0.2) is 5.92 Å². The fraction of sp³-hybridized carbons (Fsp3) is 0.375. The minimum absolute atomic E-state index is 0.367. The van der Waals surface area contributed by atoms with Crippen molar-refractivity contribution in [3.05, 3.63) is 35.6 Å². The number of rotatable bonds is 7. The van der Waals surface area contributed by atoms with Crippen molar-refractivity contribution >= 4 is 23.8 Å². The van der Waals surface area contributed by atoms with E-state index in [2.05, 4.69) is 14.8 Å². The van der Waals surface area contributed by atoms with E-state index in [1.54, 1.807) is 0 Å². The first-order valence-electron chi connectivity index (χ1n) is 7.18. The van der Waals surface area contributed by atoms with Crippen LogP contribution in [-0.4, -0.2) is 49.2 Å². The second-order valence-corrected chi connectivity index (χ2v) is 5.15. The molecule has 0 saturated heterocycles. The number of esters is 2. The van der Waals surface area contributed by atoms with Gasteiger partial charge in [-0.25, -0.2) is 9.18 Å². The Morgan fingerprint density at radius 1 is 1.08 bits per heavy atom. The summed E-state index contributed by atoms with van der Waals surface area (Å²) < 4.78 is 22.6. The molecule has 0 aromatic heterocycles. The van der Waals surface area contributed by atoms with Gasteiger partial charge in [0.25, 0.3) is 5.91 Å². The molecule has 0 bridgehead atoms. The number of aliphatic carboxylic acids is 1. The smallest absolute Gasteiger partial charge is 0.326 e. The first-order chi connectivity index (χ1) is 11.7. The van der Waals surface area contributed by atoms with Crippen LogP contribution in [0.3, 0.4) is 0 Å². The molecular formula is C16H18FNO7. The Hall–Kier alpha value is -2.97. The Balaban J connectivity index is 3.11. The summed E-state index contributed by atoms with van der Waals surface area (Å²) in [4.78, 5) is 47.2. The van der Waals surface area contributed by atoms with E-state index in [1.807, 2.05) is 0 Å². The molecule has 8 nitrogen and oxygen atoms in total. The molecular weight excluding hydrogens is 337 g/mol. The predicted octanol–water partition coefficient (Wildman–Crippen LogP) is 0.607. The van der Waals surface area contributed by atoms with Gasteiger partial charge >= 0.3 is 17.9 Å². The van der Waals surface area contributed by atoms with Crippen molar-refractivity contribution in [1.82, 2.24) is 5.32 Å². The molecule has 0 spiro atoms. The van der Waals surface area contributed by atoms with Crippen molar-refractivity contribution in [3.8, 4) is 0 Å². The van der Waals surface area contributed by atoms with E-state index in [0.29, 0.717) is 0 Å². The SMILES string of the molecule is COC(=O)C(C(=O)OC)[C@@H](C)[C@@H](NC(=O)c1ccccc1F)C(=O)O. The number of carbonyl (C=O) groups is 4. The zero-order valence-corrected chi connectivity index (χ0v) is 13.8. The van der Waals surface area contributed by atoms with E-state index in [-0.39, 0.29) is 5.56 Å². The van der Waals surface area contributed by atoms with Crippen LogP contribution in [0.1, 0.15) is 17.3 Å². The Kier molecular flexibility index (Phi) is 7.04. The molecule has 136 valence electrons. The number of benzene rings is 1. The molecule has 25 heavy (non-hydrogen) atoms. The molecule has 0 aliphatic rings. The van der Waals surface area contributed by atoms with E-state index in [0.717, 1.165) is 20.3 Å². The zero-order valence-electron chi connectivity index (χ0n) is 13.8. The van der Waals surface area contributed by atoms with E-state index in [1.165, 1.54) is 25.1 Å². The maximum atomic E-state index is 13.7. The molecule has 2 N–H and O–H groups in total. The van der Waals surface area contributed by atoms with Gasteiger partial charge in [0.2, 0.25) is 0 Å². The third kappa shape index (κ3) is 4.75. The van der Waals surface area contributed by atoms with E-state index in [9.17, 15) is 28.7 Å². The Morgan fingerprint density at radius 2 is 1.60 bits per heavy atom. The third-order valence-corrected chi connectivity index (χ3v) is 3.63. The minimum Gasteiger partial charge on any atom is -0.480 e. The van der Waals surface area contributed by atoms with Crippen LogP contribution in [0.15, 0.2) is 24.3 Å². The lowest BCUT2D eigenvalue weighted by atomic mass is 9.87. The van der Waals surface area contributed by atoms with Gasteiger partial charge in [-0.2, -0.15) is 0 Å². The molecule has 1 amide bonds. The van der Waals surface area contributed by atoms with Crippen molar-refractivity contribution in [2.24, 2.45) is 11.8 Å². The maximum Gasteiger partial charge on any atom is 0.326 e. The maximum absolute atomic E-state index is 13.7. The third-order valence-electron chi connectivity index (χ3n) is 3.63. The van der Waals surface area contributed by atoms with Crippen LogP contribution < -0.4 is 5.32 Å². The number of carboxylic acid groups (broad SMARTS) is 1. The lowest BCUT2D eigenvalue weighted by Gasteiger charge is -2.26. The second-order valence-electron chi connectivity index (χ2n) is 5.15. The molecule has 9 heteroatoms. The van der Waals surface area contributed by atoms with Crippen LogP contribution in [0.5, 0.6) is 0 Å². The number of methoxy groups -OCH3 is 2. The Labute approximate surface area is 142 Å². The molecule has 1 aromatic carbocycles. The summed E-state index contributed by atoms with van der Waals surface area (Å²) in [5.41, 5.74) is -0.367. The molecule has 0 heterocycles. The average molecular weight is 355 g/mol. The summed E-state index contributed by atoms with van der Waals surface area (Å²) in [6, 6.07) is 3.33. The molecule has 0 aliphatic heterocycles. The number of carboxylic acids is 1. The summed E-state index contributed by atoms with van der Waals surface area (Å²) in [6.45, 7) is 1.26.